The molecule has 0 amide bonds. The summed E-state index contributed by atoms with van der Waals surface area (Å²) in [6.07, 6.45) is 0. The molecule has 0 bridgehead atoms. The summed E-state index contributed by atoms with van der Waals surface area (Å²) < 4.78 is 75.3. The van der Waals surface area contributed by atoms with Gasteiger partial charge in [0.05, 0.1) is 48.8 Å². The van der Waals surface area contributed by atoms with E-state index in [1.165, 1.54) is 0 Å². The van der Waals surface area contributed by atoms with Gasteiger partial charge < -0.3 is 56.8 Å². The molecule has 0 unspecified atom stereocenters. The average molecular weight is 857 g/mol. The predicted octanol–water partition coefficient (Wildman–Crippen LogP) is 9.33. The molecule has 12 heterocycles. The SMILES string of the molecule is Cc1sc(-c2sc(-c3sc(-c4sc(-c5sc(-c6scc7c6OCCO7)c6c5OCCO6)c5c4OCCO5)c4c3OCCO4)c3c2OCCO3)c2c1OCCO2. The standard InChI is InChI=1S/C37H28O12S6/c1-15-17-19(41-5-4-39-17)30(51-15)31-22-23(45-9-8-44-22)34(53-31)35-26-27(49-13-12-48-26)37(55-35)36-25-24(46-10-11-47-25)33(54-36)32-21-20(42-6-7-43-21)29(52-32)28-18-16(14-50-28)38-2-3-40-18/h14H,2-13H2,1H3. The summed E-state index contributed by atoms with van der Waals surface area (Å²) in [5, 5.41) is 1.99. The van der Waals surface area contributed by atoms with Crippen molar-refractivity contribution in [3.63, 3.8) is 0 Å². The number of hydrogen-bond acceptors (Lipinski definition) is 18. The van der Waals surface area contributed by atoms with Gasteiger partial charge in [-0.15, -0.1) is 68.0 Å². The third-order valence-corrected chi connectivity index (χ3v) is 16.9. The third kappa shape index (κ3) is 5.00. The third-order valence-electron chi connectivity index (χ3n) is 9.49. The van der Waals surface area contributed by atoms with Crippen molar-refractivity contribution in [1.29, 1.82) is 0 Å². The maximum absolute atomic E-state index is 6.45. The van der Waals surface area contributed by atoms with Crippen molar-refractivity contribution in [3.8, 4) is 118 Å². The fourth-order valence-corrected chi connectivity index (χ4v) is 14.6. The van der Waals surface area contributed by atoms with Crippen LogP contribution in [0.25, 0.3) is 48.8 Å². The lowest BCUT2D eigenvalue weighted by Gasteiger charge is -2.19. The van der Waals surface area contributed by atoms with Crippen LogP contribution in [0.15, 0.2) is 5.38 Å². The summed E-state index contributed by atoms with van der Waals surface area (Å²) >= 11 is 9.61. The molecule has 18 heteroatoms. The van der Waals surface area contributed by atoms with E-state index in [4.69, 9.17) is 56.8 Å². The van der Waals surface area contributed by atoms with Gasteiger partial charge >= 0.3 is 0 Å². The van der Waals surface area contributed by atoms with Crippen molar-refractivity contribution >= 4 is 68.0 Å². The Bertz CT molecular complexity index is 2510. The van der Waals surface area contributed by atoms with Crippen molar-refractivity contribution in [3.05, 3.63) is 10.3 Å². The van der Waals surface area contributed by atoms with Crippen molar-refractivity contribution in [2.24, 2.45) is 0 Å². The minimum Gasteiger partial charge on any atom is -0.485 e. The van der Waals surface area contributed by atoms with Crippen LogP contribution in [0.4, 0.5) is 0 Å². The highest BCUT2D eigenvalue weighted by Crippen LogP contribution is 2.68. The number of aryl methyl sites for hydroxylation is 1. The summed E-state index contributed by atoms with van der Waals surface area (Å²) in [6.45, 7) is 7.57. The Morgan fingerprint density at radius 2 is 0.545 bits per heavy atom. The highest BCUT2D eigenvalue weighted by molar-refractivity contribution is 7.31. The van der Waals surface area contributed by atoms with Gasteiger partial charge in [-0.2, -0.15) is 0 Å². The van der Waals surface area contributed by atoms with Gasteiger partial charge in [0.25, 0.3) is 0 Å². The number of rotatable bonds is 5. The largest absolute Gasteiger partial charge is 0.485 e. The maximum atomic E-state index is 6.45. The molecular weight excluding hydrogens is 829 g/mol. The van der Waals surface area contributed by atoms with Crippen LogP contribution in [0, 0.1) is 6.92 Å². The first-order valence-corrected chi connectivity index (χ1v) is 22.6. The van der Waals surface area contributed by atoms with Crippen LogP contribution in [-0.4, -0.2) is 79.3 Å². The first-order chi connectivity index (χ1) is 27.2. The smallest absolute Gasteiger partial charge is 0.181 e. The molecule has 0 aromatic carbocycles. The van der Waals surface area contributed by atoms with Crippen molar-refractivity contribution < 1.29 is 56.8 Å². The summed E-state index contributed by atoms with van der Waals surface area (Å²) in [6, 6.07) is 0. The van der Waals surface area contributed by atoms with Crippen LogP contribution in [0.1, 0.15) is 4.88 Å². The Labute approximate surface area is 337 Å². The zero-order chi connectivity index (χ0) is 36.2. The zero-order valence-corrected chi connectivity index (χ0v) is 33.8. The Hall–Kier alpha value is -4.20. The summed E-state index contributed by atoms with van der Waals surface area (Å²) in [5.74, 6) is 8.56. The van der Waals surface area contributed by atoms with Crippen LogP contribution >= 0.6 is 68.0 Å². The van der Waals surface area contributed by atoms with Crippen LogP contribution in [0.2, 0.25) is 0 Å². The van der Waals surface area contributed by atoms with Crippen LogP contribution < -0.4 is 56.8 Å². The normalized spacial score (nSPS) is 17.3. The number of fused-ring (bicyclic) bond motifs is 6. The first kappa shape index (κ1) is 33.0. The molecular formula is C37H28O12S6. The van der Waals surface area contributed by atoms with Crippen molar-refractivity contribution in [2.75, 3.05) is 79.3 Å². The number of thiophene rings is 6. The lowest BCUT2D eigenvalue weighted by Crippen LogP contribution is -2.16. The molecule has 0 aliphatic carbocycles. The first-order valence-electron chi connectivity index (χ1n) is 17.7. The quantitative estimate of drug-likeness (QED) is 0.165. The predicted molar refractivity (Wildman–Crippen MR) is 212 cm³/mol. The second-order valence-electron chi connectivity index (χ2n) is 12.8. The Balaban J connectivity index is 1.02. The van der Waals surface area contributed by atoms with Gasteiger partial charge in [-0.1, -0.05) is 0 Å². The Morgan fingerprint density at radius 3 is 0.909 bits per heavy atom. The van der Waals surface area contributed by atoms with E-state index in [1.807, 2.05) is 5.38 Å². The van der Waals surface area contributed by atoms with Gasteiger partial charge in [0.2, 0.25) is 0 Å². The topological polar surface area (TPSA) is 111 Å². The highest BCUT2D eigenvalue weighted by atomic mass is 32.1. The molecule has 0 saturated carbocycles. The second-order valence-corrected chi connectivity index (χ2v) is 18.9. The molecule has 6 aromatic heterocycles. The monoisotopic (exact) mass is 856 g/mol. The molecule has 6 aliphatic rings. The van der Waals surface area contributed by atoms with Gasteiger partial charge in [-0.3, -0.25) is 0 Å². The molecule has 284 valence electrons. The highest BCUT2D eigenvalue weighted by Gasteiger charge is 2.40. The van der Waals surface area contributed by atoms with Crippen LogP contribution in [0.3, 0.4) is 0 Å². The number of ether oxygens (including phenoxy) is 12. The summed E-state index contributed by atoms with van der Waals surface area (Å²) in [4.78, 5) is 10.3. The van der Waals surface area contributed by atoms with E-state index in [2.05, 4.69) is 6.92 Å². The summed E-state index contributed by atoms with van der Waals surface area (Å²) in [5.41, 5.74) is 0. The average Bonchev–Trinajstić information content (AvgIpc) is 4.09. The minimum absolute atomic E-state index is 0.420. The lowest BCUT2D eigenvalue weighted by molar-refractivity contribution is 0.170. The molecule has 6 aliphatic heterocycles. The molecule has 6 aromatic rings. The van der Waals surface area contributed by atoms with Gasteiger partial charge in [0, 0.05) is 10.3 Å². The van der Waals surface area contributed by atoms with E-state index in [9.17, 15) is 0 Å². The second kappa shape index (κ2) is 12.9. The fourth-order valence-electron chi connectivity index (χ4n) is 7.26. The molecule has 0 spiro atoms. The van der Waals surface area contributed by atoms with Gasteiger partial charge in [-0.25, -0.2) is 0 Å². The van der Waals surface area contributed by atoms with E-state index in [0.29, 0.717) is 125 Å². The van der Waals surface area contributed by atoms with Crippen molar-refractivity contribution in [2.45, 2.75) is 6.92 Å². The summed E-state index contributed by atoms with van der Waals surface area (Å²) in [7, 11) is 0. The molecule has 12 nitrogen and oxygen atoms in total. The molecule has 55 heavy (non-hydrogen) atoms. The molecule has 0 N–H and O–H groups in total. The van der Waals surface area contributed by atoms with Gasteiger partial charge in [-0.05, 0) is 6.92 Å². The van der Waals surface area contributed by atoms with E-state index >= 15 is 0 Å². The van der Waals surface area contributed by atoms with E-state index < -0.39 is 0 Å². The molecule has 0 radical (unpaired) electrons. The van der Waals surface area contributed by atoms with E-state index in [-0.39, 0.29) is 0 Å². The fraction of sp³-hybridized carbons (Fsp3) is 0.351. The molecule has 0 atom stereocenters. The zero-order valence-electron chi connectivity index (χ0n) is 28.9. The van der Waals surface area contributed by atoms with Crippen molar-refractivity contribution in [1.82, 2.24) is 0 Å². The van der Waals surface area contributed by atoms with Crippen LogP contribution in [0.5, 0.6) is 69.0 Å². The lowest BCUT2D eigenvalue weighted by atomic mass is 10.2. The Kier molecular flexibility index (Phi) is 7.75. The minimum atomic E-state index is 0.420. The Morgan fingerprint density at radius 1 is 0.291 bits per heavy atom. The van der Waals surface area contributed by atoms with Gasteiger partial charge in [0.15, 0.2) is 69.0 Å². The molecule has 12 rings (SSSR count). The van der Waals surface area contributed by atoms with Gasteiger partial charge in [0.1, 0.15) is 79.3 Å². The maximum Gasteiger partial charge on any atom is 0.181 e. The van der Waals surface area contributed by atoms with E-state index in [0.717, 1.165) is 76.6 Å². The van der Waals surface area contributed by atoms with Crippen LogP contribution in [-0.2, 0) is 0 Å². The number of hydrogen-bond donors (Lipinski definition) is 0. The molecule has 0 saturated heterocycles. The van der Waals surface area contributed by atoms with E-state index in [1.54, 1.807) is 68.0 Å². The molecule has 0 fully saturated rings.